The molecule has 0 aliphatic carbocycles. The second kappa shape index (κ2) is 3.50. The van der Waals surface area contributed by atoms with E-state index in [1.54, 1.807) is 0 Å². The first-order valence-electron chi connectivity index (χ1n) is 5.19. The van der Waals surface area contributed by atoms with Crippen LogP contribution in [0.5, 0.6) is 0 Å². The van der Waals surface area contributed by atoms with Gasteiger partial charge >= 0.3 is 0 Å². The molecule has 1 heterocycles. The van der Waals surface area contributed by atoms with E-state index in [1.165, 1.54) is 22.4 Å². The number of fused-ring (bicyclic) bond motifs is 1. The highest BCUT2D eigenvalue weighted by Gasteiger charge is 2.28. The van der Waals surface area contributed by atoms with Gasteiger partial charge in [0.15, 0.2) is 5.71 Å². The molecule has 1 aromatic rings. The fraction of sp³-hybridized carbons (Fsp3) is 0.214. The van der Waals surface area contributed by atoms with E-state index in [4.69, 9.17) is 0 Å². The van der Waals surface area contributed by atoms with Crippen molar-refractivity contribution in [2.24, 2.45) is 0 Å². The van der Waals surface area contributed by atoms with Gasteiger partial charge in [-0.25, -0.2) is 0 Å². The Hall–Kier alpha value is -1.63. The average molecular weight is 198 g/mol. The van der Waals surface area contributed by atoms with Gasteiger partial charge in [-0.15, -0.1) is 0 Å². The lowest BCUT2D eigenvalue weighted by atomic mass is 9.99. The van der Waals surface area contributed by atoms with Crippen LogP contribution in [-0.2, 0) is 0 Å². The monoisotopic (exact) mass is 198 g/mol. The van der Waals surface area contributed by atoms with E-state index in [0.717, 1.165) is 5.70 Å². The number of allylic oxidation sites excluding steroid dienone is 1. The second-order valence-corrected chi connectivity index (χ2v) is 3.86. The summed E-state index contributed by atoms with van der Waals surface area (Å²) in [4.78, 5) is 0. The van der Waals surface area contributed by atoms with Gasteiger partial charge in [0.2, 0.25) is 5.70 Å². The van der Waals surface area contributed by atoms with Crippen LogP contribution in [0.15, 0.2) is 30.9 Å². The average Bonchev–Trinajstić information content (AvgIpc) is 2.46. The van der Waals surface area contributed by atoms with Gasteiger partial charge in [-0.1, -0.05) is 24.3 Å². The van der Waals surface area contributed by atoms with Crippen LogP contribution in [0.1, 0.15) is 30.5 Å². The van der Waals surface area contributed by atoms with Crippen LogP contribution in [0.25, 0.3) is 11.8 Å². The van der Waals surface area contributed by atoms with Gasteiger partial charge in [0.1, 0.15) is 7.05 Å². The Labute approximate surface area is 91.1 Å². The smallest absolute Gasteiger partial charge is 0.198 e. The van der Waals surface area contributed by atoms with Crippen molar-refractivity contribution in [1.82, 2.24) is 0 Å². The molecular weight excluding hydrogens is 182 g/mol. The summed E-state index contributed by atoms with van der Waals surface area (Å²) in [5, 5.41) is 0. The highest BCUT2D eigenvalue weighted by molar-refractivity contribution is 6.04. The van der Waals surface area contributed by atoms with Gasteiger partial charge in [0.05, 0.1) is 11.1 Å². The van der Waals surface area contributed by atoms with E-state index in [-0.39, 0.29) is 0 Å². The molecule has 15 heavy (non-hydrogen) atoms. The van der Waals surface area contributed by atoms with E-state index in [1.807, 2.05) is 6.92 Å². The van der Waals surface area contributed by atoms with E-state index in [2.05, 4.69) is 55.5 Å². The Morgan fingerprint density at radius 1 is 1.33 bits per heavy atom. The molecule has 0 bridgehead atoms. The summed E-state index contributed by atoms with van der Waals surface area (Å²) in [7, 11) is 2.07. The molecule has 1 heteroatoms. The molecule has 1 aliphatic heterocycles. The molecule has 0 radical (unpaired) electrons. The minimum absolute atomic E-state index is 1.09. The summed E-state index contributed by atoms with van der Waals surface area (Å²) >= 11 is 0. The van der Waals surface area contributed by atoms with Gasteiger partial charge in [0.25, 0.3) is 0 Å². The molecule has 1 aromatic carbocycles. The molecule has 1 aliphatic rings. The first-order chi connectivity index (χ1) is 7.16. The third-order valence-electron chi connectivity index (χ3n) is 3.03. The van der Waals surface area contributed by atoms with E-state index >= 15 is 0 Å². The van der Waals surface area contributed by atoms with Crippen molar-refractivity contribution in [2.75, 3.05) is 7.05 Å². The van der Waals surface area contributed by atoms with Crippen LogP contribution in [0, 0.1) is 0 Å². The zero-order chi connectivity index (χ0) is 11.0. The first kappa shape index (κ1) is 9.91. The largest absolute Gasteiger partial charge is 0.206 e. The van der Waals surface area contributed by atoms with Crippen molar-refractivity contribution in [2.45, 2.75) is 13.8 Å². The topological polar surface area (TPSA) is 3.01 Å². The van der Waals surface area contributed by atoms with Crippen molar-refractivity contribution in [3.63, 3.8) is 0 Å². The Morgan fingerprint density at radius 3 is 2.73 bits per heavy atom. The lowest BCUT2D eigenvalue weighted by Gasteiger charge is -2.00. The molecule has 0 aromatic heterocycles. The predicted octanol–water partition coefficient (Wildman–Crippen LogP) is 3.16. The third-order valence-corrected chi connectivity index (χ3v) is 3.03. The van der Waals surface area contributed by atoms with Crippen LogP contribution in [0.4, 0.5) is 0 Å². The number of benzene rings is 1. The maximum absolute atomic E-state index is 4.14. The number of rotatable bonds is 1. The third kappa shape index (κ3) is 1.35. The summed E-state index contributed by atoms with van der Waals surface area (Å²) in [6.07, 6.45) is 4.20. The minimum Gasteiger partial charge on any atom is -0.198 e. The van der Waals surface area contributed by atoms with Gasteiger partial charge in [-0.05, 0) is 25.1 Å². The molecule has 0 atom stereocenters. The summed E-state index contributed by atoms with van der Waals surface area (Å²) in [6, 6.07) is 6.40. The van der Waals surface area contributed by atoms with Crippen molar-refractivity contribution >= 4 is 17.5 Å². The molecule has 0 unspecified atom stereocenters. The van der Waals surface area contributed by atoms with Crippen LogP contribution in [-0.4, -0.2) is 17.3 Å². The SMILES string of the molecule is C=C1c2c(/C=C\C)cccc2C(C)=[N+]1C. The summed E-state index contributed by atoms with van der Waals surface area (Å²) in [6.45, 7) is 8.32. The van der Waals surface area contributed by atoms with E-state index < -0.39 is 0 Å². The van der Waals surface area contributed by atoms with Gasteiger partial charge in [-0.3, -0.25) is 0 Å². The van der Waals surface area contributed by atoms with E-state index in [0.29, 0.717) is 0 Å². The lowest BCUT2D eigenvalue weighted by Crippen LogP contribution is -2.04. The number of hydrogen-bond donors (Lipinski definition) is 0. The molecular formula is C14H16N+. The minimum atomic E-state index is 1.09. The van der Waals surface area contributed by atoms with Gasteiger partial charge in [0, 0.05) is 6.92 Å². The Bertz CT molecular complexity index is 490. The van der Waals surface area contributed by atoms with Crippen LogP contribution < -0.4 is 0 Å². The van der Waals surface area contributed by atoms with Gasteiger partial charge in [-0.2, -0.15) is 4.58 Å². The normalized spacial score (nSPS) is 15.3. The molecule has 76 valence electrons. The lowest BCUT2D eigenvalue weighted by molar-refractivity contribution is -0.391. The summed E-state index contributed by atoms with van der Waals surface area (Å²) in [5.41, 5.74) is 6.20. The zero-order valence-electron chi connectivity index (χ0n) is 9.54. The number of hydrogen-bond acceptors (Lipinski definition) is 0. The highest BCUT2D eigenvalue weighted by atomic mass is 15.0. The standard InChI is InChI=1S/C14H16N/c1-5-7-12-8-6-9-13-10(2)15(4)11(3)14(12)13/h5-9H,3H2,1-2,4H3/q+1/b7-5-. The van der Waals surface area contributed by atoms with Crippen LogP contribution in [0.2, 0.25) is 0 Å². The fourth-order valence-corrected chi connectivity index (χ4v) is 2.06. The molecule has 2 rings (SSSR count). The highest BCUT2D eigenvalue weighted by Crippen LogP contribution is 2.29. The molecule has 0 saturated carbocycles. The second-order valence-electron chi connectivity index (χ2n) is 3.86. The summed E-state index contributed by atoms with van der Waals surface area (Å²) < 4.78 is 2.15. The van der Waals surface area contributed by atoms with Crippen LogP contribution >= 0.6 is 0 Å². The Balaban J connectivity index is 2.70. The maximum Gasteiger partial charge on any atom is 0.206 e. The molecule has 0 fully saturated rings. The predicted molar refractivity (Wildman–Crippen MR) is 66.2 cm³/mol. The van der Waals surface area contributed by atoms with Crippen molar-refractivity contribution in [3.8, 4) is 0 Å². The Kier molecular flexibility index (Phi) is 2.31. The summed E-state index contributed by atoms with van der Waals surface area (Å²) in [5.74, 6) is 0. The first-order valence-corrected chi connectivity index (χ1v) is 5.19. The van der Waals surface area contributed by atoms with E-state index in [9.17, 15) is 0 Å². The molecule has 0 N–H and O–H groups in total. The zero-order valence-corrected chi connectivity index (χ0v) is 9.54. The Morgan fingerprint density at radius 2 is 2.07 bits per heavy atom. The maximum atomic E-state index is 4.14. The molecule has 0 spiro atoms. The van der Waals surface area contributed by atoms with Crippen molar-refractivity contribution in [3.05, 3.63) is 47.5 Å². The van der Waals surface area contributed by atoms with Crippen molar-refractivity contribution < 1.29 is 4.58 Å². The molecule has 1 nitrogen and oxygen atoms in total. The number of nitrogens with zero attached hydrogens (tertiary/aromatic N) is 1. The molecule has 0 saturated heterocycles. The fourth-order valence-electron chi connectivity index (χ4n) is 2.06. The van der Waals surface area contributed by atoms with Crippen LogP contribution in [0.3, 0.4) is 0 Å². The van der Waals surface area contributed by atoms with Gasteiger partial charge < -0.3 is 0 Å². The molecule has 0 amide bonds. The quantitative estimate of drug-likeness (QED) is 0.610. The van der Waals surface area contributed by atoms with Crippen molar-refractivity contribution in [1.29, 1.82) is 0 Å².